The molecule has 3 aromatic rings. The summed E-state index contributed by atoms with van der Waals surface area (Å²) < 4.78 is 43.2. The van der Waals surface area contributed by atoms with E-state index >= 15 is 0 Å². The van der Waals surface area contributed by atoms with Crippen LogP contribution in [-0.4, -0.2) is 27.7 Å². The molecule has 0 aliphatic rings. The van der Waals surface area contributed by atoms with Crippen molar-refractivity contribution in [3.8, 4) is 0 Å². The minimum Gasteiger partial charge on any atom is -0.359 e. The fraction of sp³-hybridized carbons (Fsp3) is 0.167. The van der Waals surface area contributed by atoms with Crippen LogP contribution in [0.1, 0.15) is 23.1 Å². The van der Waals surface area contributed by atoms with Crippen molar-refractivity contribution in [2.24, 2.45) is 0 Å². The number of benzene rings is 2. The maximum Gasteiger partial charge on any atom is 0.451 e. The third-order valence-corrected chi connectivity index (χ3v) is 3.59. The van der Waals surface area contributed by atoms with E-state index in [-0.39, 0.29) is 6.61 Å². The van der Waals surface area contributed by atoms with Gasteiger partial charge in [0.25, 0.3) is 5.91 Å². The molecule has 140 valence electrons. The first kappa shape index (κ1) is 18.6. The van der Waals surface area contributed by atoms with E-state index in [0.717, 1.165) is 11.1 Å². The van der Waals surface area contributed by atoms with Gasteiger partial charge in [0.2, 0.25) is 11.8 Å². The van der Waals surface area contributed by atoms with Crippen LogP contribution in [0.25, 0.3) is 0 Å². The zero-order valence-electron chi connectivity index (χ0n) is 13.9. The molecular weight excluding hydrogens is 361 g/mol. The number of nitrogens with one attached hydrogen (secondary N) is 2. The molecule has 9 heteroatoms. The van der Waals surface area contributed by atoms with Crippen molar-refractivity contribution >= 4 is 11.9 Å². The normalized spacial score (nSPS) is 11.6. The third-order valence-electron chi connectivity index (χ3n) is 3.59. The van der Waals surface area contributed by atoms with Crippen molar-refractivity contribution in [2.45, 2.75) is 12.3 Å². The lowest BCUT2D eigenvalue weighted by Gasteiger charge is -2.18. The SMILES string of the molecule is O=C(COC(c1ccccc1)c1ccccc1)Nc1n[nH]c(C(F)(F)F)n1. The molecule has 1 aromatic heterocycles. The van der Waals surface area contributed by atoms with Crippen molar-refractivity contribution < 1.29 is 22.7 Å². The number of nitrogens with zero attached hydrogens (tertiary/aromatic N) is 2. The average molecular weight is 376 g/mol. The molecule has 6 nitrogen and oxygen atoms in total. The van der Waals surface area contributed by atoms with Crippen molar-refractivity contribution in [3.63, 3.8) is 0 Å². The van der Waals surface area contributed by atoms with E-state index in [9.17, 15) is 18.0 Å². The summed E-state index contributed by atoms with van der Waals surface area (Å²) in [5.74, 6) is -2.42. The standard InChI is InChI=1S/C18H15F3N4O2/c19-18(20,21)16-23-17(25-24-16)22-14(26)11-27-15(12-7-3-1-4-8-12)13-9-5-2-6-10-13/h1-10,15H,11H2,(H2,22,23,24,25,26). The molecule has 0 aliphatic heterocycles. The molecule has 1 heterocycles. The number of carbonyl (C=O) groups is 1. The highest BCUT2D eigenvalue weighted by Crippen LogP contribution is 2.27. The average Bonchev–Trinajstić information content (AvgIpc) is 3.12. The summed E-state index contributed by atoms with van der Waals surface area (Å²) in [6.07, 6.45) is -5.17. The number of amides is 1. The topological polar surface area (TPSA) is 79.9 Å². The van der Waals surface area contributed by atoms with Crippen molar-refractivity contribution in [2.75, 3.05) is 11.9 Å². The lowest BCUT2D eigenvalue weighted by molar-refractivity contribution is -0.144. The molecule has 0 spiro atoms. The maximum atomic E-state index is 12.5. The van der Waals surface area contributed by atoms with Gasteiger partial charge in [-0.05, 0) is 11.1 Å². The number of hydrogen-bond donors (Lipinski definition) is 2. The summed E-state index contributed by atoms with van der Waals surface area (Å²) in [4.78, 5) is 15.2. The van der Waals surface area contributed by atoms with E-state index in [1.54, 1.807) is 5.10 Å². The lowest BCUT2D eigenvalue weighted by atomic mass is 10.0. The van der Waals surface area contributed by atoms with Gasteiger partial charge < -0.3 is 4.74 Å². The Morgan fingerprint density at radius 3 is 2.07 bits per heavy atom. The summed E-state index contributed by atoms with van der Waals surface area (Å²) in [6.45, 7) is -0.385. The number of rotatable bonds is 6. The van der Waals surface area contributed by atoms with E-state index in [4.69, 9.17) is 4.74 Å². The minimum absolute atomic E-state index is 0.385. The van der Waals surface area contributed by atoms with Crippen LogP contribution in [0.4, 0.5) is 19.1 Å². The molecule has 0 saturated heterocycles. The van der Waals surface area contributed by atoms with E-state index in [1.165, 1.54) is 0 Å². The zero-order valence-corrected chi connectivity index (χ0v) is 13.9. The van der Waals surface area contributed by atoms with Gasteiger partial charge in [-0.1, -0.05) is 60.7 Å². The molecule has 0 saturated carbocycles. The Morgan fingerprint density at radius 1 is 1.04 bits per heavy atom. The molecule has 0 radical (unpaired) electrons. The predicted octanol–water partition coefficient (Wildman–Crippen LogP) is 3.57. The number of anilines is 1. The number of carbonyl (C=O) groups excluding carboxylic acids is 1. The summed E-state index contributed by atoms with van der Waals surface area (Å²) >= 11 is 0. The third kappa shape index (κ3) is 4.91. The highest BCUT2D eigenvalue weighted by Gasteiger charge is 2.35. The van der Waals surface area contributed by atoms with Gasteiger partial charge in [-0.2, -0.15) is 18.2 Å². The zero-order chi connectivity index (χ0) is 19.3. The van der Waals surface area contributed by atoms with Crippen molar-refractivity contribution in [3.05, 3.63) is 77.6 Å². The molecule has 1 amide bonds. The number of aromatic amines is 1. The molecule has 27 heavy (non-hydrogen) atoms. The monoisotopic (exact) mass is 376 g/mol. The second-order valence-electron chi connectivity index (χ2n) is 5.57. The van der Waals surface area contributed by atoms with Gasteiger partial charge in [0.1, 0.15) is 12.7 Å². The number of aromatic nitrogens is 3. The predicted molar refractivity (Wildman–Crippen MR) is 90.7 cm³/mol. The van der Waals surface area contributed by atoms with Crippen LogP contribution in [-0.2, 0) is 15.7 Å². The van der Waals surface area contributed by atoms with Crippen LogP contribution in [0.15, 0.2) is 60.7 Å². The highest BCUT2D eigenvalue weighted by molar-refractivity contribution is 5.89. The maximum absolute atomic E-state index is 12.5. The van der Waals surface area contributed by atoms with Gasteiger partial charge in [0.15, 0.2) is 0 Å². The van der Waals surface area contributed by atoms with E-state index in [1.807, 2.05) is 60.7 Å². The van der Waals surface area contributed by atoms with Crippen LogP contribution in [0.3, 0.4) is 0 Å². The van der Waals surface area contributed by atoms with Gasteiger partial charge >= 0.3 is 6.18 Å². The second kappa shape index (κ2) is 8.00. The van der Waals surface area contributed by atoms with E-state index in [0.29, 0.717) is 0 Å². The minimum atomic E-state index is -4.67. The first-order valence-electron chi connectivity index (χ1n) is 7.94. The van der Waals surface area contributed by atoms with Crippen molar-refractivity contribution in [1.29, 1.82) is 0 Å². The first-order chi connectivity index (χ1) is 12.9. The van der Waals surface area contributed by atoms with Crippen LogP contribution in [0.5, 0.6) is 0 Å². The Kier molecular flexibility index (Phi) is 5.51. The molecule has 0 unspecified atom stereocenters. The highest BCUT2D eigenvalue weighted by atomic mass is 19.4. The largest absolute Gasteiger partial charge is 0.451 e. The quantitative estimate of drug-likeness (QED) is 0.689. The lowest BCUT2D eigenvalue weighted by Crippen LogP contribution is -2.21. The number of halogens is 3. The van der Waals surface area contributed by atoms with Crippen LogP contribution in [0.2, 0.25) is 0 Å². The Balaban J connectivity index is 1.67. The van der Waals surface area contributed by atoms with Crippen LogP contribution in [0, 0.1) is 0 Å². The first-order valence-corrected chi connectivity index (χ1v) is 7.94. The second-order valence-corrected chi connectivity index (χ2v) is 5.57. The Morgan fingerprint density at radius 2 is 1.59 bits per heavy atom. The molecule has 0 atom stereocenters. The number of hydrogen-bond acceptors (Lipinski definition) is 4. The van der Waals surface area contributed by atoms with Gasteiger partial charge in [0.05, 0.1) is 0 Å². The fourth-order valence-electron chi connectivity index (χ4n) is 2.40. The smallest absolute Gasteiger partial charge is 0.359 e. The molecule has 0 fully saturated rings. The van der Waals surface area contributed by atoms with Gasteiger partial charge in [-0.15, -0.1) is 5.10 Å². The van der Waals surface area contributed by atoms with E-state index < -0.39 is 30.0 Å². The summed E-state index contributed by atoms with van der Waals surface area (Å²) in [5.41, 5.74) is 1.68. The van der Waals surface area contributed by atoms with Crippen molar-refractivity contribution in [1.82, 2.24) is 15.2 Å². The molecule has 0 aliphatic carbocycles. The van der Waals surface area contributed by atoms with E-state index in [2.05, 4.69) is 15.4 Å². The Bertz CT molecular complexity index is 843. The summed E-state index contributed by atoms with van der Waals surface area (Å²) in [6, 6.07) is 18.6. The Labute approximate surface area is 152 Å². The Hall–Kier alpha value is -3.20. The molecule has 0 bridgehead atoms. The van der Waals surface area contributed by atoms with Crippen LogP contribution >= 0.6 is 0 Å². The van der Waals surface area contributed by atoms with Gasteiger partial charge in [-0.25, -0.2) is 0 Å². The van der Waals surface area contributed by atoms with Gasteiger partial charge in [0, 0.05) is 0 Å². The number of ether oxygens (including phenoxy) is 1. The molecule has 2 aromatic carbocycles. The molecule has 3 rings (SSSR count). The van der Waals surface area contributed by atoms with Crippen LogP contribution < -0.4 is 5.32 Å². The summed E-state index contributed by atoms with van der Waals surface area (Å²) in [7, 11) is 0. The summed E-state index contributed by atoms with van der Waals surface area (Å²) in [5, 5.41) is 7.22. The number of alkyl halides is 3. The fourth-order valence-corrected chi connectivity index (χ4v) is 2.40. The molecule has 2 N–H and O–H groups in total. The number of H-pyrrole nitrogens is 1. The van der Waals surface area contributed by atoms with Gasteiger partial charge in [-0.3, -0.25) is 15.2 Å². The molecular formula is C18H15F3N4O2.